The monoisotopic (exact) mass is 228 g/mol. The van der Waals surface area contributed by atoms with Crippen molar-refractivity contribution in [2.45, 2.75) is 0 Å². The Morgan fingerprint density at radius 1 is 1.15 bits per heavy atom. The molecule has 0 aliphatic carbocycles. The number of rotatable bonds is 2. The Kier molecular flexibility index (Phi) is 11.7. The molecule has 0 aliphatic heterocycles. The predicted octanol–water partition coefficient (Wildman–Crippen LogP) is -1.88. The highest BCUT2D eigenvalue weighted by Crippen LogP contribution is 1.84. The van der Waals surface area contributed by atoms with E-state index in [2.05, 4.69) is 21.1 Å². The molecule has 0 atom stereocenters. The number of likely N-dealkylation sites (N-methyl/N-ethyl adjacent to an activating group) is 1. The van der Waals surface area contributed by atoms with E-state index in [0.29, 0.717) is 0 Å². The molecule has 0 radical (unpaired) electrons. The fraction of sp³-hybridized carbons (Fsp3) is 1.00. The lowest BCUT2D eigenvalue weighted by Crippen LogP contribution is -2.36. The summed E-state index contributed by atoms with van der Waals surface area (Å²) in [4.78, 5) is 0. The average Bonchev–Trinajstić information content (AvgIpc) is 1.54. The van der Waals surface area contributed by atoms with Crippen molar-refractivity contribution in [3.63, 3.8) is 0 Å². The molecule has 0 aromatic carbocycles. The van der Waals surface area contributed by atoms with Crippen LogP contribution in [0.5, 0.6) is 0 Å². The van der Waals surface area contributed by atoms with Crippen molar-refractivity contribution >= 4 is 33.5 Å². The third-order valence-corrected chi connectivity index (χ3v) is 0.771. The fourth-order valence-electron chi connectivity index (χ4n) is 0.300. The van der Waals surface area contributed by atoms with E-state index in [1.54, 1.807) is 0 Å². The Balaban J connectivity index is -0.000000150. The summed E-state index contributed by atoms with van der Waals surface area (Å²) in [7, 11) is 1.49. The van der Waals surface area contributed by atoms with E-state index >= 15 is 0 Å². The van der Waals surface area contributed by atoms with Crippen molar-refractivity contribution in [3.05, 3.63) is 0 Å². The number of quaternary nitrogens is 1. The van der Waals surface area contributed by atoms with E-state index in [9.17, 15) is 0 Å². The summed E-state index contributed by atoms with van der Waals surface area (Å²) in [5, 5.41) is 8.39. The molecule has 0 saturated carbocycles. The Bertz CT molecular complexity index is 189. The highest BCUT2D eigenvalue weighted by molar-refractivity contribution is 7.79. The summed E-state index contributed by atoms with van der Waals surface area (Å²) in [6.07, 6.45) is 0. The first-order chi connectivity index (χ1) is 5.06. The van der Waals surface area contributed by atoms with Gasteiger partial charge in [-0.15, -0.1) is 0 Å². The minimum Gasteiger partial charge on any atom is -0.391 e. The van der Waals surface area contributed by atoms with Gasteiger partial charge in [0.2, 0.25) is 0 Å². The summed E-state index contributed by atoms with van der Waals surface area (Å²) in [5.74, 6) is 0. The molecule has 13 heavy (non-hydrogen) atoms. The van der Waals surface area contributed by atoms with Crippen molar-refractivity contribution < 1.29 is 27.1 Å². The first kappa shape index (κ1) is 19.2. The zero-order chi connectivity index (χ0) is 10.4. The van der Waals surface area contributed by atoms with Crippen LogP contribution in [0, 0.1) is 0 Å². The molecular weight excluding hydrogens is 210 g/mol. The van der Waals surface area contributed by atoms with Gasteiger partial charge in [-0.3, -0.25) is 9.11 Å². The number of nitrogens with zero attached hydrogens (tertiary/aromatic N) is 1. The van der Waals surface area contributed by atoms with Gasteiger partial charge in [0.15, 0.2) is 0 Å². The third kappa shape index (κ3) is 67.4. The highest BCUT2D eigenvalue weighted by Gasteiger charge is 2.02. The van der Waals surface area contributed by atoms with Crippen LogP contribution in [0.4, 0.5) is 0 Å². The molecule has 0 aromatic rings. The first-order valence-corrected chi connectivity index (χ1v) is 4.57. The molecule has 0 rings (SSSR count). The largest absolute Gasteiger partial charge is 0.394 e. The van der Waals surface area contributed by atoms with Crippen LogP contribution in [0.2, 0.25) is 0 Å². The van der Waals surface area contributed by atoms with Gasteiger partial charge < -0.3 is 9.59 Å². The van der Waals surface area contributed by atoms with Crippen molar-refractivity contribution in [3.8, 4) is 0 Å². The van der Waals surface area contributed by atoms with Crippen LogP contribution < -0.4 is 0 Å². The Labute approximate surface area is 94.9 Å². The number of aliphatic hydroxyl groups excluding tert-OH is 1. The van der Waals surface area contributed by atoms with Crippen LogP contribution in [0.3, 0.4) is 0 Å². The van der Waals surface area contributed by atoms with Gasteiger partial charge in [-0.2, -0.15) is 8.42 Å². The van der Waals surface area contributed by atoms with Crippen molar-refractivity contribution in [2.24, 2.45) is 0 Å². The first-order valence-electron chi connectivity index (χ1n) is 3.17. The summed E-state index contributed by atoms with van der Waals surface area (Å²) in [6, 6.07) is 0. The Morgan fingerprint density at radius 3 is 1.38 bits per heavy atom. The van der Waals surface area contributed by atoms with Crippen LogP contribution >= 0.6 is 0 Å². The second-order valence-electron chi connectivity index (χ2n) is 3.19. The lowest BCUT2D eigenvalue weighted by atomic mass is 10.5. The number of hydrogen-bond acceptors (Lipinski definition) is 3. The number of hydrogen-bond donors (Lipinski definition) is 3. The minimum absolute atomic E-state index is 0. The summed E-state index contributed by atoms with van der Waals surface area (Å²) in [6.45, 7) is 1.11. The van der Waals surface area contributed by atoms with Gasteiger partial charge in [0, 0.05) is 0 Å². The highest BCUT2D eigenvalue weighted by atomic mass is 32.3. The second-order valence-corrected chi connectivity index (χ2v) is 4.08. The zero-order valence-corrected chi connectivity index (χ0v) is 8.24. The quantitative estimate of drug-likeness (QED) is 0.292. The van der Waals surface area contributed by atoms with E-state index in [-0.39, 0.29) is 29.7 Å². The lowest BCUT2D eigenvalue weighted by molar-refractivity contribution is -0.870. The van der Waals surface area contributed by atoms with E-state index in [0.717, 1.165) is 11.0 Å². The molecular formula is C5H18MgNO5S+. The minimum atomic E-state index is -4.67. The Hall–Kier alpha value is 0.556. The predicted molar refractivity (Wildman–Crippen MR) is 52.7 cm³/mol. The molecule has 6 nitrogen and oxygen atoms in total. The van der Waals surface area contributed by atoms with Gasteiger partial charge >= 0.3 is 33.5 Å². The average molecular weight is 229 g/mol. The summed E-state index contributed by atoms with van der Waals surface area (Å²) >= 11 is 0. The second kappa shape index (κ2) is 7.91. The van der Waals surface area contributed by atoms with Gasteiger partial charge in [-0.25, -0.2) is 0 Å². The topological polar surface area (TPSA) is 94.8 Å². The maximum absolute atomic E-state index is 8.74. The molecule has 80 valence electrons. The molecule has 3 N–H and O–H groups in total. The molecule has 0 fully saturated rings. The van der Waals surface area contributed by atoms with Gasteiger partial charge in [-0.05, 0) is 0 Å². The van der Waals surface area contributed by atoms with Gasteiger partial charge in [0.05, 0.1) is 27.7 Å². The molecule has 0 aromatic heterocycles. The molecule has 0 amide bonds. The molecule has 0 heterocycles. The molecule has 0 saturated heterocycles. The van der Waals surface area contributed by atoms with Crippen LogP contribution in [0.25, 0.3) is 0 Å². The van der Waals surface area contributed by atoms with Crippen LogP contribution in [0.15, 0.2) is 0 Å². The standard InChI is InChI=1S/C5H14NO.Mg.H2O4S.2H/c1-6(2,3)4-5-7;;1-5(2,3)4;;/h7H,4-5H2,1-3H3;;(H2,1,2,3,4);;/q+1;;;;. The normalized spacial score (nSPS) is 10.9. The maximum atomic E-state index is 8.74. The van der Waals surface area contributed by atoms with Crippen molar-refractivity contribution in [2.75, 3.05) is 34.3 Å². The number of aliphatic hydroxyl groups is 1. The van der Waals surface area contributed by atoms with Crippen LogP contribution in [0.1, 0.15) is 0 Å². The van der Waals surface area contributed by atoms with Gasteiger partial charge in [0.1, 0.15) is 6.54 Å². The third-order valence-electron chi connectivity index (χ3n) is 0.771. The van der Waals surface area contributed by atoms with E-state index < -0.39 is 10.4 Å². The summed E-state index contributed by atoms with van der Waals surface area (Å²) < 4.78 is 32.4. The van der Waals surface area contributed by atoms with Gasteiger partial charge in [-0.1, -0.05) is 0 Å². The fourth-order valence-corrected chi connectivity index (χ4v) is 0.300. The van der Waals surface area contributed by atoms with Gasteiger partial charge in [0.25, 0.3) is 0 Å². The molecule has 0 aliphatic rings. The van der Waals surface area contributed by atoms with Crippen LogP contribution in [-0.4, -0.2) is 84.5 Å². The smallest absolute Gasteiger partial charge is 0.391 e. The zero-order valence-electron chi connectivity index (χ0n) is 7.43. The SMILES string of the molecule is C[N+](C)(C)CCO.O=S(=O)(O)O.[MgH2]. The summed E-state index contributed by atoms with van der Waals surface area (Å²) in [5.41, 5.74) is 0. The molecule has 8 heteroatoms. The van der Waals surface area contributed by atoms with Crippen molar-refractivity contribution in [1.29, 1.82) is 0 Å². The van der Waals surface area contributed by atoms with E-state index in [1.165, 1.54) is 0 Å². The van der Waals surface area contributed by atoms with E-state index in [1.807, 2.05) is 0 Å². The lowest BCUT2D eigenvalue weighted by Gasteiger charge is -2.21. The van der Waals surface area contributed by atoms with Crippen molar-refractivity contribution in [1.82, 2.24) is 0 Å². The maximum Gasteiger partial charge on any atom is 0.394 e. The van der Waals surface area contributed by atoms with E-state index in [4.69, 9.17) is 22.6 Å². The molecule has 0 spiro atoms. The molecule has 0 bridgehead atoms. The van der Waals surface area contributed by atoms with Crippen LogP contribution in [-0.2, 0) is 10.4 Å². The Morgan fingerprint density at radius 2 is 1.38 bits per heavy atom. The molecule has 0 unspecified atom stereocenters.